The Kier molecular flexibility index (Phi) is 43.2. The Morgan fingerprint density at radius 2 is 0.841 bits per heavy atom. The lowest BCUT2D eigenvalue weighted by Crippen LogP contribution is -2.29. The van der Waals surface area contributed by atoms with Crippen LogP contribution in [0.1, 0.15) is 124 Å². The Bertz CT molecular complexity index is 2410. The van der Waals surface area contributed by atoms with Gasteiger partial charge in [0, 0.05) is 33.0 Å². The monoisotopic (exact) mass is 1150 g/mol. The first-order chi connectivity index (χ1) is 38.6. The van der Waals surface area contributed by atoms with Crippen LogP contribution in [0, 0.1) is 0 Å². The molecule has 0 saturated carbocycles. The van der Waals surface area contributed by atoms with E-state index in [1.807, 2.05) is 191 Å². The molecule has 1 amide bonds. The van der Waals surface area contributed by atoms with Crippen LogP contribution < -0.4 is 16.9 Å². The van der Waals surface area contributed by atoms with Crippen LogP contribution in [-0.4, -0.2) is 106 Å². The summed E-state index contributed by atoms with van der Waals surface area (Å²) in [5.41, 5.74) is 19.2. The molecule has 0 aromatic heterocycles. The summed E-state index contributed by atoms with van der Waals surface area (Å²) in [5, 5.41) is 18.4. The van der Waals surface area contributed by atoms with Crippen molar-refractivity contribution in [3.05, 3.63) is 215 Å². The molecule has 1 aliphatic heterocycles. The number of esters is 2. The van der Waals surface area contributed by atoms with Gasteiger partial charge in [0.25, 0.3) is 5.91 Å². The first kappa shape index (κ1) is 76.6. The number of likely N-dealkylation sites (N-methyl/N-ethyl adjacent to an activating group) is 1. The highest BCUT2D eigenvalue weighted by atomic mass is 35.5. The number of hydroxylamine groups is 3. The van der Waals surface area contributed by atoms with Gasteiger partial charge in [0.15, 0.2) is 12.1 Å². The van der Waals surface area contributed by atoms with Gasteiger partial charge < -0.3 is 40.7 Å². The number of carbonyl (C=O) groups excluding carboxylic acids is 5. The molecule has 6 aromatic carbocycles. The second-order valence-corrected chi connectivity index (χ2v) is 17.8. The zero-order valence-corrected chi connectivity index (χ0v) is 50.2. The standard InChI is InChI=1S/C11H15NO2.C10H12O2.C10H12O.C9H11NO2.C9H11NO.C9H10O2.C4H8O2.C2H7NO.ClH/c1-9(11(13)12(2)14-3)10-7-5-4-6-8-10;1-8(10(11)12-2)9-6-4-3-5-7-9;1-8(9(2)11)10-6-4-3-5-7-10;1-12-9(11)8(10)7-5-3-2-4-6-7;1-7(11)9(10)8-5-3-2-4-6-8;1-7(9(10)11)8-5-3-2-4-6-8;5-4-2-1-3-6-4;1-3-4-2;/h4-9H,1-3H3;3-8H,1-2H3;3-8H,1-2H3;2-6,8H,10H2,1H3;2-6,9H,10H2,1H3;2-7H,1H3,(H,10,11);4-5H,1-3H2;3H,1-2H3;1H/t9-;3*8-;9-;7-;;;/m001010.../s1. The summed E-state index contributed by atoms with van der Waals surface area (Å²) >= 11 is 0. The number of nitrogens with zero attached hydrogens (tertiary/aromatic N) is 1. The molecule has 82 heavy (non-hydrogen) atoms. The molecule has 17 nitrogen and oxygen atoms in total. The van der Waals surface area contributed by atoms with Gasteiger partial charge in [-0.2, -0.15) is 0 Å². The van der Waals surface area contributed by atoms with Crippen molar-refractivity contribution in [2.24, 2.45) is 11.5 Å². The summed E-state index contributed by atoms with van der Waals surface area (Å²) in [6.07, 6.45) is 1.38. The minimum atomic E-state index is -0.781. The number of ether oxygens (including phenoxy) is 3. The van der Waals surface area contributed by atoms with Gasteiger partial charge in [0.1, 0.15) is 11.8 Å². The molecular weight excluding hydrogens is 1070 g/mol. The number of carbonyl (C=O) groups is 6. The Morgan fingerprint density at radius 3 is 1.10 bits per heavy atom. The van der Waals surface area contributed by atoms with Crippen molar-refractivity contribution in [2.75, 3.05) is 49.1 Å². The summed E-state index contributed by atoms with van der Waals surface area (Å²) < 4.78 is 13.8. The van der Waals surface area contributed by atoms with Crippen molar-refractivity contribution in [2.45, 2.75) is 96.4 Å². The molecule has 7 rings (SSSR count). The van der Waals surface area contributed by atoms with Crippen LogP contribution in [0.2, 0.25) is 0 Å². The predicted octanol–water partition coefficient (Wildman–Crippen LogP) is 10.5. The molecule has 7 atom stereocenters. The number of halogens is 1. The summed E-state index contributed by atoms with van der Waals surface area (Å²) in [6.45, 7) is 11.2. The number of benzene rings is 6. The second-order valence-electron chi connectivity index (χ2n) is 17.8. The number of carboxylic acid groups (broad SMARTS) is 1. The third-order valence-corrected chi connectivity index (χ3v) is 12.0. The van der Waals surface area contributed by atoms with Crippen LogP contribution in [0.25, 0.3) is 0 Å². The number of hydrogen-bond donors (Lipinski definition) is 5. The van der Waals surface area contributed by atoms with Crippen molar-refractivity contribution in [1.29, 1.82) is 0 Å². The Balaban J connectivity index is 0. The normalized spacial score (nSPS) is 13.6. The average molecular weight is 1160 g/mol. The van der Waals surface area contributed by atoms with Gasteiger partial charge >= 0.3 is 17.9 Å². The quantitative estimate of drug-likeness (QED) is 0.0502. The van der Waals surface area contributed by atoms with Crippen molar-refractivity contribution in [3.8, 4) is 0 Å². The number of nitrogens with two attached hydrogens (primary N) is 2. The van der Waals surface area contributed by atoms with E-state index in [1.165, 1.54) is 33.3 Å². The molecule has 1 unspecified atom stereocenters. The van der Waals surface area contributed by atoms with Crippen LogP contribution >= 0.6 is 12.4 Å². The number of carboxylic acids is 1. The van der Waals surface area contributed by atoms with Crippen LogP contribution in [0.15, 0.2) is 182 Å². The lowest BCUT2D eigenvalue weighted by atomic mass is 9.98. The first-order valence-electron chi connectivity index (χ1n) is 26.1. The van der Waals surface area contributed by atoms with Gasteiger partial charge in [-0.1, -0.05) is 189 Å². The number of aliphatic hydroxyl groups is 1. The van der Waals surface area contributed by atoms with E-state index in [1.54, 1.807) is 47.2 Å². The second kappa shape index (κ2) is 46.2. The Hall–Kier alpha value is -7.45. The lowest BCUT2D eigenvalue weighted by molar-refractivity contribution is -0.170. The Morgan fingerprint density at radius 1 is 0.524 bits per heavy atom. The van der Waals surface area contributed by atoms with Crippen molar-refractivity contribution >= 4 is 47.8 Å². The van der Waals surface area contributed by atoms with E-state index in [9.17, 15) is 28.8 Å². The lowest BCUT2D eigenvalue weighted by Gasteiger charge is -2.18. The summed E-state index contributed by atoms with van der Waals surface area (Å²) in [6, 6.07) is 55.6. The molecule has 1 fully saturated rings. The van der Waals surface area contributed by atoms with E-state index in [0.29, 0.717) is 0 Å². The van der Waals surface area contributed by atoms with Crippen LogP contribution in [-0.2, 0) is 52.7 Å². The van der Waals surface area contributed by atoms with Gasteiger partial charge in [0.05, 0.1) is 52.2 Å². The summed E-state index contributed by atoms with van der Waals surface area (Å²) in [7, 11) is 9.10. The summed E-state index contributed by atoms with van der Waals surface area (Å²) in [4.78, 5) is 75.1. The summed E-state index contributed by atoms with van der Waals surface area (Å²) in [5.74, 6) is -1.92. The molecule has 0 spiro atoms. The van der Waals surface area contributed by atoms with Crippen LogP contribution in [0.3, 0.4) is 0 Å². The fourth-order valence-electron chi connectivity index (χ4n) is 6.54. The molecule has 1 saturated heterocycles. The number of methoxy groups -OCH3 is 2. The number of rotatable bonds is 14. The molecule has 1 heterocycles. The highest BCUT2D eigenvalue weighted by molar-refractivity contribution is 5.85. The third kappa shape index (κ3) is 32.7. The molecule has 6 aromatic rings. The minimum Gasteiger partial charge on any atom is -0.481 e. The molecule has 1 aliphatic rings. The highest BCUT2D eigenvalue weighted by Crippen LogP contribution is 2.19. The number of ketones is 2. The zero-order chi connectivity index (χ0) is 61.1. The van der Waals surface area contributed by atoms with E-state index in [0.717, 1.165) is 52.8 Å². The number of nitrogens with one attached hydrogen (secondary N) is 1. The number of amides is 1. The molecular formula is C64H87ClN4O13. The van der Waals surface area contributed by atoms with E-state index < -0.39 is 36.2 Å². The Labute approximate surface area is 491 Å². The van der Waals surface area contributed by atoms with E-state index in [4.69, 9.17) is 31.3 Å². The SMILES string of the molecule is CC(=O)[C@@H](C)c1ccccc1.CC(=O)[C@@H](N)c1ccccc1.CNOC.COC(=O)[C@@H](C)c1ccccc1.COC(=O)[C@@H](N)c1ccccc1.CON(C)C(=O)[C@@H](C)c1ccccc1.C[C@H](C(=O)O)c1ccccc1.Cl.OC1CCCO1. The van der Waals surface area contributed by atoms with Gasteiger partial charge in [0.2, 0.25) is 0 Å². The molecule has 0 bridgehead atoms. The maximum Gasteiger partial charge on any atom is 0.327 e. The van der Waals surface area contributed by atoms with E-state index in [2.05, 4.69) is 19.8 Å². The van der Waals surface area contributed by atoms with Gasteiger partial charge in [-0.15, -0.1) is 12.4 Å². The van der Waals surface area contributed by atoms with Crippen molar-refractivity contribution in [3.63, 3.8) is 0 Å². The van der Waals surface area contributed by atoms with Crippen LogP contribution in [0.4, 0.5) is 0 Å². The average Bonchev–Trinajstić information content (AvgIpc) is 4.04. The number of hydrogen-bond acceptors (Lipinski definition) is 15. The largest absolute Gasteiger partial charge is 0.481 e. The number of Topliss-reactive ketones (excluding diaryl/α,β-unsaturated/α-hetero) is 2. The van der Waals surface area contributed by atoms with E-state index in [-0.39, 0.29) is 53.6 Å². The van der Waals surface area contributed by atoms with E-state index >= 15 is 0 Å². The predicted molar refractivity (Wildman–Crippen MR) is 323 cm³/mol. The molecule has 7 N–H and O–H groups in total. The minimum absolute atomic E-state index is 0. The topological polar surface area (TPSA) is 256 Å². The van der Waals surface area contributed by atoms with Crippen molar-refractivity contribution in [1.82, 2.24) is 10.5 Å². The fourth-order valence-corrected chi connectivity index (χ4v) is 6.54. The maximum atomic E-state index is 11.7. The molecule has 448 valence electrons. The van der Waals surface area contributed by atoms with Crippen molar-refractivity contribution < 1.29 is 62.9 Å². The molecule has 18 heteroatoms. The van der Waals surface area contributed by atoms with Gasteiger partial charge in [-0.25, -0.2) is 10.5 Å². The first-order valence-corrected chi connectivity index (χ1v) is 26.1. The number of aliphatic hydroxyl groups excluding tert-OH is 1. The van der Waals surface area contributed by atoms with Gasteiger partial charge in [-0.3, -0.25) is 33.6 Å². The molecule has 0 radical (unpaired) electrons. The zero-order valence-electron chi connectivity index (χ0n) is 49.4. The highest BCUT2D eigenvalue weighted by Gasteiger charge is 2.19. The third-order valence-electron chi connectivity index (χ3n) is 12.0. The molecule has 0 aliphatic carbocycles. The fraction of sp³-hybridized carbons (Fsp3) is 0.344. The maximum absolute atomic E-state index is 11.7. The van der Waals surface area contributed by atoms with Crippen LogP contribution in [0.5, 0.6) is 0 Å². The smallest absolute Gasteiger partial charge is 0.327 e. The van der Waals surface area contributed by atoms with Gasteiger partial charge in [-0.05, 0) is 74.4 Å². The number of aliphatic carboxylic acids is 1.